The smallest absolute Gasteiger partial charge is 0.368 e. The Balaban J connectivity index is 1.88. The molecule has 2 aromatic rings. The van der Waals surface area contributed by atoms with Crippen LogP contribution < -0.4 is 4.72 Å². The van der Waals surface area contributed by atoms with Crippen molar-refractivity contribution in [2.75, 3.05) is 6.61 Å². The second-order valence-electron chi connectivity index (χ2n) is 5.02. The molecular formula is C14H10F3NO4S. The van der Waals surface area contributed by atoms with Gasteiger partial charge in [-0.3, -0.25) is 4.79 Å². The molecule has 1 aliphatic rings. The van der Waals surface area contributed by atoms with Gasteiger partial charge in [0.05, 0.1) is 6.61 Å². The van der Waals surface area contributed by atoms with E-state index in [0.29, 0.717) is 12.0 Å². The van der Waals surface area contributed by atoms with Gasteiger partial charge in [0.25, 0.3) is 5.91 Å². The summed E-state index contributed by atoms with van der Waals surface area (Å²) in [4.78, 5) is 11.7. The Kier molecular flexibility index (Phi) is 3.56. The van der Waals surface area contributed by atoms with Gasteiger partial charge in [0.1, 0.15) is 6.10 Å². The van der Waals surface area contributed by atoms with Crippen LogP contribution in [-0.4, -0.2) is 26.4 Å². The van der Waals surface area contributed by atoms with Crippen molar-refractivity contribution in [3.63, 3.8) is 0 Å². The summed E-state index contributed by atoms with van der Waals surface area (Å²) in [6, 6.07) is 9.46. The average molecular weight is 345 g/mol. The van der Waals surface area contributed by atoms with Crippen LogP contribution in [0.1, 0.15) is 22.0 Å². The molecule has 0 bridgehead atoms. The highest BCUT2D eigenvalue weighted by atomic mass is 32.2. The summed E-state index contributed by atoms with van der Waals surface area (Å²) in [6.07, 6.45) is 0.0549. The summed E-state index contributed by atoms with van der Waals surface area (Å²) in [5.41, 5.74) is -4.76. The van der Waals surface area contributed by atoms with Crippen molar-refractivity contribution in [2.24, 2.45) is 0 Å². The van der Waals surface area contributed by atoms with Crippen molar-refractivity contribution in [1.29, 1.82) is 0 Å². The summed E-state index contributed by atoms with van der Waals surface area (Å²) in [5.74, 6) is -1.33. The van der Waals surface area contributed by atoms with E-state index in [-0.39, 0.29) is 11.7 Å². The quantitative estimate of drug-likeness (QED) is 0.867. The predicted molar refractivity (Wildman–Crippen MR) is 75.1 cm³/mol. The third-order valence-electron chi connectivity index (χ3n) is 3.36. The van der Waals surface area contributed by atoms with Crippen LogP contribution in [0.2, 0.25) is 0 Å². The predicted octanol–water partition coefficient (Wildman–Crippen LogP) is 2.49. The van der Waals surface area contributed by atoms with Gasteiger partial charge in [-0.15, -0.1) is 0 Å². The summed E-state index contributed by atoms with van der Waals surface area (Å²) in [7, 11) is -5.72. The molecule has 5 nitrogen and oxygen atoms in total. The van der Waals surface area contributed by atoms with Gasteiger partial charge in [-0.05, 0) is 34.5 Å². The molecule has 1 atom stereocenters. The third-order valence-corrected chi connectivity index (χ3v) is 4.43. The fourth-order valence-electron chi connectivity index (χ4n) is 2.09. The number of nitrogens with one attached hydrogen (secondary N) is 1. The Morgan fingerprint density at radius 3 is 2.35 bits per heavy atom. The van der Waals surface area contributed by atoms with Gasteiger partial charge in [0.15, 0.2) is 0 Å². The highest BCUT2D eigenvalue weighted by Crippen LogP contribution is 2.32. The lowest BCUT2D eigenvalue weighted by Gasteiger charge is -2.10. The minimum atomic E-state index is -5.72. The van der Waals surface area contributed by atoms with Crippen LogP contribution in [0.3, 0.4) is 0 Å². The highest BCUT2D eigenvalue weighted by molar-refractivity contribution is 7.90. The van der Waals surface area contributed by atoms with Crippen LogP contribution in [0.25, 0.3) is 10.8 Å². The van der Waals surface area contributed by atoms with Gasteiger partial charge in [0, 0.05) is 5.56 Å². The number of alkyl halides is 3. The van der Waals surface area contributed by atoms with E-state index in [0.717, 1.165) is 15.7 Å². The molecule has 1 fully saturated rings. The molecule has 0 radical (unpaired) electrons. The largest absolute Gasteiger partial charge is 0.516 e. The molecule has 0 aromatic heterocycles. The first-order valence-electron chi connectivity index (χ1n) is 6.46. The van der Waals surface area contributed by atoms with Crippen molar-refractivity contribution in [1.82, 2.24) is 4.72 Å². The molecule has 1 unspecified atom stereocenters. The molecule has 1 aliphatic heterocycles. The lowest BCUT2D eigenvalue weighted by Crippen LogP contribution is -2.40. The number of amides is 1. The maximum atomic E-state index is 12.3. The number of rotatable bonds is 3. The standard InChI is InChI=1S/C14H10F3NO4S/c15-14(16,17)23(20,21)18-13(19)11-4-2-8-5-10(12-7-22-12)3-1-9(8)6-11/h1-6,12H,7H2,(H,18,19). The Labute approximate surface area is 129 Å². The van der Waals surface area contributed by atoms with Crippen molar-refractivity contribution < 1.29 is 31.1 Å². The molecule has 0 spiro atoms. The number of halogens is 3. The van der Waals surface area contributed by atoms with Crippen LogP contribution in [0, 0.1) is 0 Å². The lowest BCUT2D eigenvalue weighted by molar-refractivity contribution is -0.0446. The average Bonchev–Trinajstić information content (AvgIpc) is 3.29. The minimum Gasteiger partial charge on any atom is -0.368 e. The van der Waals surface area contributed by atoms with E-state index in [1.54, 1.807) is 12.1 Å². The van der Waals surface area contributed by atoms with Crippen LogP contribution in [0.15, 0.2) is 36.4 Å². The third kappa shape index (κ3) is 3.15. The van der Waals surface area contributed by atoms with E-state index in [2.05, 4.69) is 0 Å². The van der Waals surface area contributed by atoms with Crippen molar-refractivity contribution in [2.45, 2.75) is 11.6 Å². The molecule has 1 N–H and O–H groups in total. The van der Waals surface area contributed by atoms with Gasteiger partial charge in [-0.2, -0.15) is 21.6 Å². The molecular weight excluding hydrogens is 335 g/mol. The number of hydrogen-bond acceptors (Lipinski definition) is 4. The lowest BCUT2D eigenvalue weighted by atomic mass is 10.0. The van der Waals surface area contributed by atoms with E-state index in [1.807, 2.05) is 6.07 Å². The zero-order valence-corrected chi connectivity index (χ0v) is 12.2. The second kappa shape index (κ2) is 5.20. The minimum absolute atomic E-state index is 0.0549. The van der Waals surface area contributed by atoms with Crippen LogP contribution >= 0.6 is 0 Å². The first-order valence-corrected chi connectivity index (χ1v) is 7.94. The highest BCUT2D eigenvalue weighted by Gasteiger charge is 2.47. The number of carbonyl (C=O) groups excluding carboxylic acids is 1. The number of sulfonamides is 1. The molecule has 1 saturated heterocycles. The molecule has 122 valence electrons. The SMILES string of the molecule is O=C(NS(=O)(=O)C(F)(F)F)c1ccc2cc(C3CO3)ccc2c1. The molecule has 0 aliphatic carbocycles. The fourth-order valence-corrected chi connectivity index (χ4v) is 2.56. The van der Waals surface area contributed by atoms with Crippen LogP contribution in [0.4, 0.5) is 13.2 Å². The zero-order valence-electron chi connectivity index (χ0n) is 11.4. The van der Waals surface area contributed by atoms with Crippen molar-refractivity contribution in [3.8, 4) is 0 Å². The Morgan fingerprint density at radius 1 is 1.13 bits per heavy atom. The molecule has 9 heteroatoms. The normalized spacial score (nSPS) is 18.0. The van der Waals surface area contributed by atoms with Gasteiger partial charge >= 0.3 is 15.5 Å². The maximum absolute atomic E-state index is 12.3. The summed E-state index contributed by atoms with van der Waals surface area (Å²) in [5, 5.41) is 1.37. The zero-order chi connectivity index (χ0) is 16.8. The number of epoxide rings is 1. The number of carbonyl (C=O) groups is 1. The van der Waals surface area contributed by atoms with E-state index in [9.17, 15) is 26.4 Å². The molecule has 0 saturated carbocycles. The van der Waals surface area contributed by atoms with Crippen LogP contribution in [0.5, 0.6) is 0 Å². The van der Waals surface area contributed by atoms with Gasteiger partial charge in [0.2, 0.25) is 0 Å². The topological polar surface area (TPSA) is 75.8 Å². The molecule has 1 amide bonds. The number of fused-ring (bicyclic) bond motifs is 1. The molecule has 1 heterocycles. The van der Waals surface area contributed by atoms with Gasteiger partial charge in [-0.1, -0.05) is 18.2 Å². The van der Waals surface area contributed by atoms with Crippen LogP contribution in [-0.2, 0) is 14.8 Å². The van der Waals surface area contributed by atoms with Crippen molar-refractivity contribution >= 4 is 26.7 Å². The maximum Gasteiger partial charge on any atom is 0.516 e. The van der Waals surface area contributed by atoms with Crippen molar-refractivity contribution in [3.05, 3.63) is 47.5 Å². The fraction of sp³-hybridized carbons (Fsp3) is 0.214. The first kappa shape index (κ1) is 15.8. The summed E-state index contributed by atoms with van der Waals surface area (Å²) < 4.78 is 64.9. The number of ether oxygens (including phenoxy) is 1. The number of hydrogen-bond donors (Lipinski definition) is 1. The second-order valence-corrected chi connectivity index (χ2v) is 6.70. The van der Waals surface area contributed by atoms with Gasteiger partial charge < -0.3 is 4.74 Å². The van der Waals surface area contributed by atoms with E-state index in [4.69, 9.17) is 4.74 Å². The monoisotopic (exact) mass is 345 g/mol. The van der Waals surface area contributed by atoms with E-state index in [1.165, 1.54) is 18.2 Å². The molecule has 2 aromatic carbocycles. The Bertz CT molecular complexity index is 889. The van der Waals surface area contributed by atoms with E-state index < -0.39 is 21.4 Å². The molecule has 3 rings (SSSR count). The van der Waals surface area contributed by atoms with Gasteiger partial charge in [-0.25, -0.2) is 4.72 Å². The Morgan fingerprint density at radius 2 is 1.74 bits per heavy atom. The van der Waals surface area contributed by atoms with E-state index >= 15 is 0 Å². The molecule has 23 heavy (non-hydrogen) atoms. The first-order chi connectivity index (χ1) is 10.7. The summed E-state index contributed by atoms with van der Waals surface area (Å²) >= 11 is 0. The summed E-state index contributed by atoms with van der Waals surface area (Å²) in [6.45, 7) is 0.640. The Hall–Kier alpha value is -2.13. The number of benzene rings is 2.